The molecule has 0 radical (unpaired) electrons. The number of para-hydroxylation sites is 2. The number of fused-ring (bicyclic) bond motifs is 2. The predicted molar refractivity (Wildman–Crippen MR) is 96.3 cm³/mol. The Morgan fingerprint density at radius 2 is 2.04 bits per heavy atom. The third-order valence-corrected chi connectivity index (χ3v) is 4.44. The molecule has 7 heteroatoms. The number of carbonyl (C=O) groups excluding carboxylic acids is 1. The van der Waals surface area contributed by atoms with Crippen LogP contribution in [0.2, 0.25) is 5.02 Å². The maximum atomic E-state index is 12.0. The average Bonchev–Trinajstić information content (AvgIpc) is 3.15. The molecule has 0 unspecified atom stereocenters. The smallest absolute Gasteiger partial charge is 0.250 e. The van der Waals surface area contributed by atoms with Crippen molar-refractivity contribution in [1.29, 1.82) is 0 Å². The van der Waals surface area contributed by atoms with Crippen LogP contribution in [-0.2, 0) is 4.79 Å². The van der Waals surface area contributed by atoms with E-state index in [0.29, 0.717) is 21.6 Å². The van der Waals surface area contributed by atoms with Gasteiger partial charge in [-0.15, -0.1) is 0 Å². The van der Waals surface area contributed by atoms with E-state index in [2.05, 4.69) is 15.3 Å². The molecule has 24 heavy (non-hydrogen) atoms. The maximum absolute atomic E-state index is 12.0. The van der Waals surface area contributed by atoms with Crippen molar-refractivity contribution in [3.8, 4) is 0 Å². The highest BCUT2D eigenvalue weighted by Gasteiger charge is 2.07. The van der Waals surface area contributed by atoms with Gasteiger partial charge < -0.3 is 4.42 Å². The zero-order chi connectivity index (χ0) is 16.5. The summed E-state index contributed by atoms with van der Waals surface area (Å²) in [5.74, 6) is 0.0739. The summed E-state index contributed by atoms with van der Waals surface area (Å²) in [5.41, 5.74) is 2.23. The standard InChI is InChI=1S/C17H10ClN3O2S/c18-10-5-6-12-14(9-10)24-17(20-12)21-15(22)7-8-16-19-11-3-1-2-4-13(11)23-16/h1-9H,(H,20,21,22)/b8-7+. The predicted octanol–water partition coefficient (Wildman–Crippen LogP) is 4.74. The minimum Gasteiger partial charge on any atom is -0.437 e. The Kier molecular flexibility index (Phi) is 3.76. The van der Waals surface area contributed by atoms with Crippen molar-refractivity contribution in [2.45, 2.75) is 0 Å². The number of oxazole rings is 1. The lowest BCUT2D eigenvalue weighted by Crippen LogP contribution is -2.07. The van der Waals surface area contributed by atoms with Crippen molar-refractivity contribution < 1.29 is 9.21 Å². The molecule has 0 saturated heterocycles. The van der Waals surface area contributed by atoms with Crippen LogP contribution in [0.15, 0.2) is 53.0 Å². The van der Waals surface area contributed by atoms with Gasteiger partial charge in [-0.05, 0) is 30.3 Å². The number of amides is 1. The van der Waals surface area contributed by atoms with Crippen LogP contribution in [0.1, 0.15) is 5.89 Å². The van der Waals surface area contributed by atoms with Gasteiger partial charge in [0, 0.05) is 17.2 Å². The van der Waals surface area contributed by atoms with Gasteiger partial charge in [0.1, 0.15) is 5.52 Å². The number of anilines is 1. The van der Waals surface area contributed by atoms with Crippen LogP contribution in [-0.4, -0.2) is 15.9 Å². The average molecular weight is 356 g/mol. The van der Waals surface area contributed by atoms with E-state index in [1.54, 1.807) is 6.07 Å². The van der Waals surface area contributed by atoms with Gasteiger partial charge in [0.25, 0.3) is 0 Å². The van der Waals surface area contributed by atoms with Crippen LogP contribution >= 0.6 is 22.9 Å². The first-order valence-electron chi connectivity index (χ1n) is 7.08. The summed E-state index contributed by atoms with van der Waals surface area (Å²) in [6.45, 7) is 0. The first kappa shape index (κ1) is 14.9. The number of aromatic nitrogens is 2. The summed E-state index contributed by atoms with van der Waals surface area (Å²) in [7, 11) is 0. The Balaban J connectivity index is 1.50. The second-order valence-electron chi connectivity index (χ2n) is 4.97. The SMILES string of the molecule is O=C(/C=C/c1nc2ccccc2o1)Nc1nc2ccc(Cl)cc2s1. The fourth-order valence-electron chi connectivity index (χ4n) is 2.21. The quantitative estimate of drug-likeness (QED) is 0.539. The number of nitrogens with one attached hydrogen (secondary N) is 1. The molecule has 4 rings (SSSR count). The maximum Gasteiger partial charge on any atom is 0.250 e. The Hall–Kier alpha value is -2.70. The highest BCUT2D eigenvalue weighted by Crippen LogP contribution is 2.28. The first-order chi connectivity index (χ1) is 11.7. The summed E-state index contributed by atoms with van der Waals surface area (Å²) in [4.78, 5) is 20.6. The molecule has 4 aromatic rings. The normalized spacial score (nSPS) is 11.5. The lowest BCUT2D eigenvalue weighted by atomic mass is 10.3. The lowest BCUT2D eigenvalue weighted by Gasteiger charge is -1.93. The van der Waals surface area contributed by atoms with E-state index in [4.69, 9.17) is 16.0 Å². The summed E-state index contributed by atoms with van der Waals surface area (Å²) in [6.07, 6.45) is 2.89. The van der Waals surface area contributed by atoms with Gasteiger partial charge in [-0.25, -0.2) is 9.97 Å². The summed E-state index contributed by atoms with van der Waals surface area (Å²) in [5, 5.41) is 3.88. The lowest BCUT2D eigenvalue weighted by molar-refractivity contribution is -0.111. The molecule has 0 bridgehead atoms. The zero-order valence-electron chi connectivity index (χ0n) is 12.2. The van der Waals surface area contributed by atoms with Crippen LogP contribution in [0, 0.1) is 0 Å². The van der Waals surface area contributed by atoms with Crippen molar-refractivity contribution in [3.05, 3.63) is 59.5 Å². The number of nitrogens with zero attached hydrogens (tertiary/aromatic N) is 2. The minimum absolute atomic E-state index is 0.303. The van der Waals surface area contributed by atoms with Crippen molar-refractivity contribution in [2.24, 2.45) is 0 Å². The molecule has 0 fully saturated rings. The van der Waals surface area contributed by atoms with Crippen molar-refractivity contribution in [2.75, 3.05) is 5.32 Å². The van der Waals surface area contributed by atoms with E-state index in [1.165, 1.54) is 23.5 Å². The van der Waals surface area contributed by atoms with Crippen LogP contribution in [0.5, 0.6) is 0 Å². The Bertz CT molecular complexity index is 1050. The Morgan fingerprint density at radius 1 is 1.17 bits per heavy atom. The van der Waals surface area contributed by atoms with Crippen molar-refractivity contribution in [1.82, 2.24) is 9.97 Å². The van der Waals surface area contributed by atoms with Crippen molar-refractivity contribution >= 4 is 61.4 Å². The molecule has 2 aromatic carbocycles. The molecule has 1 amide bonds. The van der Waals surface area contributed by atoms with Gasteiger partial charge in [-0.1, -0.05) is 35.1 Å². The first-order valence-corrected chi connectivity index (χ1v) is 8.27. The second-order valence-corrected chi connectivity index (χ2v) is 6.44. The summed E-state index contributed by atoms with van der Waals surface area (Å²) >= 11 is 7.31. The Morgan fingerprint density at radius 3 is 2.92 bits per heavy atom. The molecule has 118 valence electrons. The van der Waals surface area contributed by atoms with Gasteiger partial charge in [-0.3, -0.25) is 10.1 Å². The molecule has 0 aliphatic rings. The van der Waals surface area contributed by atoms with Crippen LogP contribution < -0.4 is 5.32 Å². The molecule has 0 saturated carbocycles. The van der Waals surface area contributed by atoms with Crippen LogP contribution in [0.4, 0.5) is 5.13 Å². The second kappa shape index (κ2) is 6.07. The van der Waals surface area contributed by atoms with Gasteiger partial charge in [0.15, 0.2) is 10.7 Å². The number of hydrogen-bond acceptors (Lipinski definition) is 5. The molecule has 0 aliphatic carbocycles. The number of rotatable bonds is 3. The topological polar surface area (TPSA) is 68.0 Å². The van der Waals surface area contributed by atoms with E-state index in [-0.39, 0.29) is 5.91 Å². The van der Waals surface area contributed by atoms with E-state index in [9.17, 15) is 4.79 Å². The van der Waals surface area contributed by atoms with E-state index >= 15 is 0 Å². The fraction of sp³-hybridized carbons (Fsp3) is 0. The highest BCUT2D eigenvalue weighted by atomic mass is 35.5. The zero-order valence-corrected chi connectivity index (χ0v) is 13.8. The molecule has 1 N–H and O–H groups in total. The molecule has 5 nitrogen and oxygen atoms in total. The molecule has 0 aliphatic heterocycles. The van der Waals surface area contributed by atoms with E-state index in [1.807, 2.05) is 36.4 Å². The highest BCUT2D eigenvalue weighted by molar-refractivity contribution is 7.22. The number of carbonyl (C=O) groups is 1. The van der Waals surface area contributed by atoms with Crippen LogP contribution in [0.25, 0.3) is 27.4 Å². The van der Waals surface area contributed by atoms with Gasteiger partial charge in [0.05, 0.1) is 10.2 Å². The number of thiazole rings is 1. The molecule has 0 atom stereocenters. The third-order valence-electron chi connectivity index (χ3n) is 3.27. The monoisotopic (exact) mass is 355 g/mol. The van der Waals surface area contributed by atoms with Gasteiger partial charge >= 0.3 is 0 Å². The summed E-state index contributed by atoms with van der Waals surface area (Å²) in [6, 6.07) is 12.8. The van der Waals surface area contributed by atoms with Gasteiger partial charge in [-0.2, -0.15) is 0 Å². The molecule has 2 heterocycles. The van der Waals surface area contributed by atoms with Gasteiger partial charge in [0.2, 0.25) is 11.8 Å². The molecule has 2 aromatic heterocycles. The largest absolute Gasteiger partial charge is 0.437 e. The van der Waals surface area contributed by atoms with Crippen LogP contribution in [0.3, 0.4) is 0 Å². The summed E-state index contributed by atoms with van der Waals surface area (Å²) < 4.78 is 6.44. The molecular formula is C17H10ClN3O2S. The third kappa shape index (κ3) is 3.02. The van der Waals surface area contributed by atoms with Crippen molar-refractivity contribution in [3.63, 3.8) is 0 Å². The van der Waals surface area contributed by atoms with E-state index in [0.717, 1.165) is 15.7 Å². The number of hydrogen-bond donors (Lipinski definition) is 1. The minimum atomic E-state index is -0.303. The Labute approximate surface area is 145 Å². The van der Waals surface area contributed by atoms with E-state index < -0.39 is 0 Å². The fourth-order valence-corrected chi connectivity index (χ4v) is 3.35. The molecule has 0 spiro atoms. The number of halogens is 1. The number of benzene rings is 2. The molecular weight excluding hydrogens is 346 g/mol.